The van der Waals surface area contributed by atoms with Crippen LogP contribution >= 0.6 is 0 Å². The molecule has 1 aromatic carbocycles. The highest BCUT2D eigenvalue weighted by atomic mass is 16.6. The molecule has 0 heterocycles. The molecular weight excluding hydrogens is 358 g/mol. The van der Waals surface area contributed by atoms with Gasteiger partial charge in [0.2, 0.25) is 5.91 Å². The van der Waals surface area contributed by atoms with E-state index in [1.165, 1.54) is 0 Å². The van der Waals surface area contributed by atoms with Gasteiger partial charge in [-0.3, -0.25) is 4.79 Å². The quantitative estimate of drug-likeness (QED) is 0.474. The van der Waals surface area contributed by atoms with Crippen molar-refractivity contribution >= 4 is 12.0 Å². The van der Waals surface area contributed by atoms with Crippen molar-refractivity contribution in [2.45, 2.75) is 64.7 Å². The van der Waals surface area contributed by atoms with Gasteiger partial charge in [0.15, 0.2) is 0 Å². The zero-order valence-electron chi connectivity index (χ0n) is 17.3. The molecule has 0 radical (unpaired) electrons. The number of hydrogen-bond donors (Lipinski definition) is 3. The van der Waals surface area contributed by atoms with Crippen molar-refractivity contribution in [2.24, 2.45) is 5.73 Å². The van der Waals surface area contributed by atoms with Gasteiger partial charge < -0.3 is 25.8 Å². The van der Waals surface area contributed by atoms with E-state index in [1.807, 2.05) is 51.1 Å². The molecule has 7 heteroatoms. The molecule has 0 aliphatic rings. The fourth-order valence-corrected chi connectivity index (χ4v) is 2.41. The van der Waals surface area contributed by atoms with E-state index < -0.39 is 17.7 Å². The molecule has 7 nitrogen and oxygen atoms in total. The highest BCUT2D eigenvalue weighted by Crippen LogP contribution is 2.06. The second-order valence-corrected chi connectivity index (χ2v) is 7.71. The van der Waals surface area contributed by atoms with Gasteiger partial charge >= 0.3 is 6.09 Å². The van der Waals surface area contributed by atoms with Gasteiger partial charge in [-0.25, -0.2) is 4.79 Å². The van der Waals surface area contributed by atoms with Crippen LogP contribution in [-0.4, -0.2) is 43.3 Å². The van der Waals surface area contributed by atoms with Gasteiger partial charge in [-0.1, -0.05) is 30.3 Å². The van der Waals surface area contributed by atoms with E-state index in [2.05, 4.69) is 10.6 Å². The molecule has 158 valence electrons. The fraction of sp³-hybridized carbons (Fsp3) is 0.619. The van der Waals surface area contributed by atoms with Gasteiger partial charge in [-0.15, -0.1) is 0 Å². The van der Waals surface area contributed by atoms with Gasteiger partial charge in [0.05, 0.1) is 12.6 Å². The van der Waals surface area contributed by atoms with Crippen molar-refractivity contribution in [3.8, 4) is 0 Å². The van der Waals surface area contributed by atoms with E-state index >= 15 is 0 Å². The second-order valence-electron chi connectivity index (χ2n) is 7.71. The summed E-state index contributed by atoms with van der Waals surface area (Å²) in [5.41, 5.74) is 6.54. The van der Waals surface area contributed by atoms with Crippen LogP contribution in [0.1, 0.15) is 52.0 Å². The Hall–Kier alpha value is -2.12. The molecule has 0 fully saturated rings. The van der Waals surface area contributed by atoms with Crippen LogP contribution in [0.5, 0.6) is 0 Å². The molecule has 0 saturated heterocycles. The van der Waals surface area contributed by atoms with Crippen LogP contribution in [0.2, 0.25) is 0 Å². The predicted molar refractivity (Wildman–Crippen MR) is 110 cm³/mol. The van der Waals surface area contributed by atoms with Crippen molar-refractivity contribution in [2.75, 3.05) is 19.7 Å². The van der Waals surface area contributed by atoms with E-state index in [-0.39, 0.29) is 5.91 Å². The smallest absolute Gasteiger partial charge is 0.407 e. The summed E-state index contributed by atoms with van der Waals surface area (Å²) in [6.07, 6.45) is 2.39. The Morgan fingerprint density at radius 2 is 1.71 bits per heavy atom. The average molecular weight is 394 g/mol. The molecule has 2 amide bonds. The molecule has 0 bridgehead atoms. The van der Waals surface area contributed by atoms with Gasteiger partial charge in [-0.05, 0) is 52.0 Å². The lowest BCUT2D eigenvalue weighted by molar-refractivity contribution is -0.122. The van der Waals surface area contributed by atoms with E-state index in [0.29, 0.717) is 32.7 Å². The molecule has 0 saturated carbocycles. The first-order valence-corrected chi connectivity index (χ1v) is 9.90. The topological polar surface area (TPSA) is 103 Å². The number of unbranched alkanes of at least 4 members (excludes halogenated alkanes) is 1. The Balaban J connectivity index is 1.99. The van der Waals surface area contributed by atoms with Crippen molar-refractivity contribution in [3.05, 3.63) is 35.9 Å². The van der Waals surface area contributed by atoms with E-state index in [0.717, 1.165) is 24.8 Å². The van der Waals surface area contributed by atoms with Crippen molar-refractivity contribution in [1.82, 2.24) is 10.6 Å². The number of nitrogens with two attached hydrogens (primary N) is 1. The van der Waals surface area contributed by atoms with Crippen LogP contribution < -0.4 is 16.4 Å². The molecule has 1 atom stereocenters. The monoisotopic (exact) mass is 393 g/mol. The van der Waals surface area contributed by atoms with E-state index in [9.17, 15) is 9.59 Å². The number of benzene rings is 1. The van der Waals surface area contributed by atoms with Crippen molar-refractivity contribution < 1.29 is 19.1 Å². The maximum absolute atomic E-state index is 12.0. The van der Waals surface area contributed by atoms with Crippen LogP contribution in [0.4, 0.5) is 4.79 Å². The van der Waals surface area contributed by atoms with E-state index in [4.69, 9.17) is 15.2 Å². The molecule has 1 rings (SSSR count). The highest BCUT2D eigenvalue weighted by molar-refractivity contribution is 5.81. The Bertz CT molecular complexity index is 573. The number of ether oxygens (including phenoxy) is 2. The zero-order valence-corrected chi connectivity index (χ0v) is 17.3. The number of carbonyl (C=O) groups is 2. The minimum Gasteiger partial charge on any atom is -0.444 e. The third kappa shape index (κ3) is 12.3. The Kier molecular flexibility index (Phi) is 11.2. The predicted octanol–water partition coefficient (Wildman–Crippen LogP) is 2.73. The third-order valence-electron chi connectivity index (χ3n) is 3.82. The van der Waals surface area contributed by atoms with Crippen LogP contribution in [-0.2, 0) is 20.9 Å². The lowest BCUT2D eigenvalue weighted by Crippen LogP contribution is -2.41. The first kappa shape index (κ1) is 23.9. The number of rotatable bonds is 12. The lowest BCUT2D eigenvalue weighted by atomic mass is 10.1. The maximum Gasteiger partial charge on any atom is 0.407 e. The van der Waals surface area contributed by atoms with Gasteiger partial charge in [0.25, 0.3) is 0 Å². The van der Waals surface area contributed by atoms with Crippen LogP contribution in [0, 0.1) is 0 Å². The minimum absolute atomic E-state index is 0.150. The molecule has 28 heavy (non-hydrogen) atoms. The third-order valence-corrected chi connectivity index (χ3v) is 3.82. The average Bonchev–Trinajstić information content (AvgIpc) is 2.63. The Labute approximate surface area is 168 Å². The molecule has 0 unspecified atom stereocenters. The van der Waals surface area contributed by atoms with Crippen molar-refractivity contribution in [3.63, 3.8) is 0 Å². The first-order chi connectivity index (χ1) is 13.3. The summed E-state index contributed by atoms with van der Waals surface area (Å²) < 4.78 is 10.7. The molecular formula is C21H35N3O4. The number of alkyl carbamates (subject to hydrolysis) is 1. The Morgan fingerprint density at radius 3 is 2.39 bits per heavy atom. The lowest BCUT2D eigenvalue weighted by Gasteiger charge is -2.19. The summed E-state index contributed by atoms with van der Waals surface area (Å²) in [6.45, 7) is 7.66. The molecule has 1 aromatic rings. The summed E-state index contributed by atoms with van der Waals surface area (Å²) in [4.78, 5) is 23.5. The van der Waals surface area contributed by atoms with Crippen LogP contribution in [0.25, 0.3) is 0 Å². The normalized spacial score (nSPS) is 12.3. The SMILES string of the molecule is CC(C)(C)OC(=O)NCCCC[C@@H](N)C(=O)NCCCOCc1ccccc1. The molecule has 0 spiro atoms. The molecule has 0 aliphatic carbocycles. The summed E-state index contributed by atoms with van der Waals surface area (Å²) in [6, 6.07) is 9.43. The second kappa shape index (κ2) is 13.1. The summed E-state index contributed by atoms with van der Waals surface area (Å²) in [5.74, 6) is -0.150. The summed E-state index contributed by atoms with van der Waals surface area (Å²) in [5, 5.41) is 5.52. The van der Waals surface area contributed by atoms with Crippen LogP contribution in [0.15, 0.2) is 30.3 Å². The van der Waals surface area contributed by atoms with Gasteiger partial charge in [0, 0.05) is 19.7 Å². The first-order valence-electron chi connectivity index (χ1n) is 9.90. The van der Waals surface area contributed by atoms with Crippen LogP contribution in [0.3, 0.4) is 0 Å². The number of nitrogens with one attached hydrogen (secondary N) is 2. The maximum atomic E-state index is 12.0. The largest absolute Gasteiger partial charge is 0.444 e. The summed E-state index contributed by atoms with van der Waals surface area (Å²) in [7, 11) is 0. The minimum atomic E-state index is -0.535. The van der Waals surface area contributed by atoms with Crippen molar-refractivity contribution in [1.29, 1.82) is 0 Å². The van der Waals surface area contributed by atoms with Gasteiger partial charge in [-0.2, -0.15) is 0 Å². The fourth-order valence-electron chi connectivity index (χ4n) is 2.41. The Morgan fingerprint density at radius 1 is 1.04 bits per heavy atom. The molecule has 0 aromatic heterocycles. The standard InChI is InChI=1S/C21H35N3O4/c1-21(2,3)28-20(26)24-13-8-7-12-18(22)19(25)23-14-9-15-27-16-17-10-5-4-6-11-17/h4-6,10-11,18H,7-9,12-16,22H2,1-3H3,(H,23,25)(H,24,26)/t18-/m1/s1. The molecule has 4 N–H and O–H groups in total. The number of carbonyl (C=O) groups excluding carboxylic acids is 2. The zero-order chi connectivity index (χ0) is 20.8. The summed E-state index contributed by atoms with van der Waals surface area (Å²) >= 11 is 0. The number of hydrogen-bond acceptors (Lipinski definition) is 5. The number of amides is 2. The van der Waals surface area contributed by atoms with Gasteiger partial charge in [0.1, 0.15) is 5.60 Å². The van der Waals surface area contributed by atoms with E-state index in [1.54, 1.807) is 0 Å². The molecule has 0 aliphatic heterocycles. The highest BCUT2D eigenvalue weighted by Gasteiger charge is 2.16.